The van der Waals surface area contributed by atoms with Crippen molar-refractivity contribution in [3.63, 3.8) is 0 Å². The number of methoxy groups -OCH3 is 1. The molecule has 0 bridgehead atoms. The van der Waals surface area contributed by atoms with Gasteiger partial charge in [-0.15, -0.1) is 0 Å². The first-order chi connectivity index (χ1) is 13.2. The lowest BCUT2D eigenvalue weighted by Gasteiger charge is -2.12. The Balaban J connectivity index is 1.77. The number of carbonyl (C=O) groups excluding carboxylic acids is 1. The summed E-state index contributed by atoms with van der Waals surface area (Å²) in [5.74, 6) is 1.37. The third kappa shape index (κ3) is 4.72. The second-order valence-electron chi connectivity index (χ2n) is 5.51. The number of para-hydroxylation sites is 1. The lowest BCUT2D eigenvalue weighted by Crippen LogP contribution is -2.08. The van der Waals surface area contributed by atoms with Crippen molar-refractivity contribution in [3.8, 4) is 5.75 Å². The van der Waals surface area contributed by atoms with E-state index >= 15 is 0 Å². The molecular formula is C20H20N4O3. The van der Waals surface area contributed by atoms with E-state index in [0.29, 0.717) is 29.6 Å². The minimum atomic E-state index is -0.383. The van der Waals surface area contributed by atoms with E-state index in [2.05, 4.69) is 20.6 Å². The third-order valence-corrected chi connectivity index (χ3v) is 3.69. The Morgan fingerprint density at radius 2 is 1.81 bits per heavy atom. The number of hydrogen-bond donors (Lipinski definition) is 2. The molecule has 0 unspecified atom stereocenters. The van der Waals surface area contributed by atoms with Gasteiger partial charge in [0.1, 0.15) is 11.6 Å². The lowest BCUT2D eigenvalue weighted by atomic mass is 10.2. The molecule has 1 heterocycles. The van der Waals surface area contributed by atoms with Crippen molar-refractivity contribution in [3.05, 3.63) is 66.4 Å². The maximum Gasteiger partial charge on any atom is 0.340 e. The van der Waals surface area contributed by atoms with E-state index in [4.69, 9.17) is 9.47 Å². The monoisotopic (exact) mass is 364 g/mol. The largest absolute Gasteiger partial charge is 0.497 e. The molecule has 0 aliphatic rings. The van der Waals surface area contributed by atoms with Gasteiger partial charge in [-0.25, -0.2) is 9.78 Å². The SMILES string of the molecule is CCOC(=O)c1ccccc1Nc1ccnc(Nc2ccc(OC)cc2)n1. The molecule has 0 spiro atoms. The fourth-order valence-corrected chi connectivity index (χ4v) is 2.41. The van der Waals surface area contributed by atoms with Crippen LogP contribution in [0, 0.1) is 0 Å². The summed E-state index contributed by atoms with van der Waals surface area (Å²) in [6, 6.07) is 16.3. The van der Waals surface area contributed by atoms with Crippen LogP contribution in [-0.4, -0.2) is 29.7 Å². The summed E-state index contributed by atoms with van der Waals surface area (Å²) in [7, 11) is 1.62. The second kappa shape index (κ2) is 8.66. The number of hydrogen-bond acceptors (Lipinski definition) is 7. The summed E-state index contributed by atoms with van der Waals surface area (Å²) in [5, 5.41) is 6.27. The highest BCUT2D eigenvalue weighted by molar-refractivity contribution is 5.96. The second-order valence-corrected chi connectivity index (χ2v) is 5.51. The molecule has 2 N–H and O–H groups in total. The van der Waals surface area contributed by atoms with Gasteiger partial charge in [-0.1, -0.05) is 12.1 Å². The van der Waals surface area contributed by atoms with Gasteiger partial charge >= 0.3 is 5.97 Å². The first-order valence-corrected chi connectivity index (χ1v) is 8.47. The van der Waals surface area contributed by atoms with Crippen molar-refractivity contribution in [2.24, 2.45) is 0 Å². The van der Waals surface area contributed by atoms with Crippen LogP contribution in [0.5, 0.6) is 5.75 Å². The van der Waals surface area contributed by atoms with Crippen LogP contribution in [-0.2, 0) is 4.74 Å². The molecule has 0 fully saturated rings. The van der Waals surface area contributed by atoms with Crippen LogP contribution in [0.3, 0.4) is 0 Å². The van der Waals surface area contributed by atoms with Crippen LogP contribution < -0.4 is 15.4 Å². The zero-order chi connectivity index (χ0) is 19.1. The average Bonchev–Trinajstić information content (AvgIpc) is 2.69. The molecular weight excluding hydrogens is 344 g/mol. The molecule has 7 heteroatoms. The number of rotatable bonds is 7. The first-order valence-electron chi connectivity index (χ1n) is 8.47. The molecule has 1 aromatic heterocycles. The number of nitrogens with zero attached hydrogens (tertiary/aromatic N) is 2. The molecule has 7 nitrogen and oxygen atoms in total. The molecule has 0 atom stereocenters. The van der Waals surface area contributed by atoms with Gasteiger partial charge in [0.2, 0.25) is 5.95 Å². The summed E-state index contributed by atoms with van der Waals surface area (Å²) >= 11 is 0. The number of aromatic nitrogens is 2. The predicted molar refractivity (Wildman–Crippen MR) is 104 cm³/mol. The van der Waals surface area contributed by atoms with Crippen LogP contribution in [0.15, 0.2) is 60.8 Å². The quantitative estimate of drug-likeness (QED) is 0.609. The summed E-state index contributed by atoms with van der Waals surface area (Å²) < 4.78 is 10.2. The number of carbonyl (C=O) groups is 1. The molecule has 3 aromatic rings. The maximum absolute atomic E-state index is 12.1. The van der Waals surface area contributed by atoms with Crippen LogP contribution in [0.4, 0.5) is 23.1 Å². The van der Waals surface area contributed by atoms with Crippen LogP contribution in [0.25, 0.3) is 0 Å². The van der Waals surface area contributed by atoms with Gasteiger partial charge in [0.15, 0.2) is 0 Å². The van der Waals surface area contributed by atoms with E-state index in [1.54, 1.807) is 44.5 Å². The molecule has 0 aliphatic heterocycles. The highest BCUT2D eigenvalue weighted by atomic mass is 16.5. The van der Waals surface area contributed by atoms with Gasteiger partial charge in [0.25, 0.3) is 0 Å². The normalized spacial score (nSPS) is 10.1. The highest BCUT2D eigenvalue weighted by Gasteiger charge is 2.12. The Morgan fingerprint density at radius 3 is 2.56 bits per heavy atom. The number of anilines is 4. The topological polar surface area (TPSA) is 85.4 Å². The zero-order valence-corrected chi connectivity index (χ0v) is 15.1. The molecule has 0 radical (unpaired) electrons. The molecule has 2 aromatic carbocycles. The third-order valence-electron chi connectivity index (χ3n) is 3.69. The Labute approximate surface area is 157 Å². The molecule has 0 aliphatic carbocycles. The number of ether oxygens (including phenoxy) is 2. The first kappa shape index (κ1) is 18.2. The minimum Gasteiger partial charge on any atom is -0.497 e. The molecule has 138 valence electrons. The molecule has 0 amide bonds. The summed E-state index contributed by atoms with van der Waals surface area (Å²) in [6.07, 6.45) is 1.63. The van der Waals surface area contributed by atoms with Gasteiger partial charge in [0, 0.05) is 11.9 Å². The Kier molecular flexibility index (Phi) is 5.84. The van der Waals surface area contributed by atoms with Gasteiger partial charge in [-0.05, 0) is 49.4 Å². The standard InChI is InChI=1S/C20H20N4O3/c1-3-27-19(25)16-6-4-5-7-17(16)23-18-12-13-21-20(24-18)22-14-8-10-15(26-2)11-9-14/h4-13H,3H2,1-2H3,(H2,21,22,23,24). The Morgan fingerprint density at radius 1 is 1.04 bits per heavy atom. The summed E-state index contributed by atoms with van der Waals surface area (Å²) in [5.41, 5.74) is 1.90. The van der Waals surface area contributed by atoms with Crippen LogP contribution >= 0.6 is 0 Å². The highest BCUT2D eigenvalue weighted by Crippen LogP contribution is 2.22. The minimum absolute atomic E-state index is 0.316. The van der Waals surface area contributed by atoms with Gasteiger partial charge in [0.05, 0.1) is 25.0 Å². The molecule has 3 rings (SSSR count). The van der Waals surface area contributed by atoms with Gasteiger partial charge < -0.3 is 20.1 Å². The van der Waals surface area contributed by atoms with Crippen molar-refractivity contribution < 1.29 is 14.3 Å². The number of nitrogens with one attached hydrogen (secondary N) is 2. The van der Waals surface area contributed by atoms with E-state index in [0.717, 1.165) is 11.4 Å². The van der Waals surface area contributed by atoms with E-state index in [1.807, 2.05) is 30.3 Å². The lowest BCUT2D eigenvalue weighted by molar-refractivity contribution is 0.0527. The van der Waals surface area contributed by atoms with E-state index in [1.165, 1.54) is 0 Å². The number of esters is 1. The average molecular weight is 364 g/mol. The number of benzene rings is 2. The van der Waals surface area contributed by atoms with Crippen molar-refractivity contribution in [2.75, 3.05) is 24.4 Å². The maximum atomic E-state index is 12.1. The van der Waals surface area contributed by atoms with Crippen molar-refractivity contribution in [2.45, 2.75) is 6.92 Å². The van der Waals surface area contributed by atoms with Gasteiger partial charge in [-0.2, -0.15) is 4.98 Å². The van der Waals surface area contributed by atoms with E-state index in [-0.39, 0.29) is 5.97 Å². The Hall–Kier alpha value is -3.61. The zero-order valence-electron chi connectivity index (χ0n) is 15.1. The van der Waals surface area contributed by atoms with Crippen molar-refractivity contribution >= 4 is 29.1 Å². The van der Waals surface area contributed by atoms with Crippen molar-refractivity contribution in [1.29, 1.82) is 0 Å². The predicted octanol–water partition coefficient (Wildman–Crippen LogP) is 4.15. The fourth-order valence-electron chi connectivity index (χ4n) is 2.41. The van der Waals surface area contributed by atoms with E-state index in [9.17, 15) is 4.79 Å². The smallest absolute Gasteiger partial charge is 0.340 e. The van der Waals surface area contributed by atoms with Crippen LogP contribution in [0.2, 0.25) is 0 Å². The van der Waals surface area contributed by atoms with E-state index < -0.39 is 0 Å². The van der Waals surface area contributed by atoms with Gasteiger partial charge in [-0.3, -0.25) is 0 Å². The van der Waals surface area contributed by atoms with Crippen molar-refractivity contribution in [1.82, 2.24) is 9.97 Å². The fraction of sp³-hybridized carbons (Fsp3) is 0.150. The summed E-state index contributed by atoms with van der Waals surface area (Å²) in [6.45, 7) is 2.09. The Bertz CT molecular complexity index is 913. The summed E-state index contributed by atoms with van der Waals surface area (Å²) in [4.78, 5) is 20.8. The van der Waals surface area contributed by atoms with Crippen LogP contribution in [0.1, 0.15) is 17.3 Å². The molecule has 0 saturated heterocycles. The molecule has 27 heavy (non-hydrogen) atoms. The molecule has 0 saturated carbocycles.